The normalized spacial score (nSPS) is 28.1. The molecule has 1 saturated heterocycles. The van der Waals surface area contributed by atoms with Gasteiger partial charge in [0.2, 0.25) is 5.91 Å². The maximum Gasteiger partial charge on any atom is 0.325 e. The zero-order valence-corrected chi connectivity index (χ0v) is 17.5. The summed E-state index contributed by atoms with van der Waals surface area (Å²) in [6.07, 6.45) is 7.64. The summed E-state index contributed by atoms with van der Waals surface area (Å²) in [5.41, 5.74) is -0.0107. The van der Waals surface area contributed by atoms with E-state index < -0.39 is 11.6 Å². The van der Waals surface area contributed by atoms with Crippen LogP contribution >= 0.6 is 0 Å². The minimum Gasteiger partial charge on any atom is -0.347 e. The van der Waals surface area contributed by atoms with Gasteiger partial charge in [0, 0.05) is 0 Å². The molecule has 0 aromatic heterocycles. The van der Waals surface area contributed by atoms with Crippen LogP contribution in [0.4, 0.5) is 9.18 Å². The summed E-state index contributed by atoms with van der Waals surface area (Å²) in [5.74, 6) is -0.635. The van der Waals surface area contributed by atoms with Crippen LogP contribution in [0.25, 0.3) is 0 Å². The largest absolute Gasteiger partial charge is 0.347 e. The second kappa shape index (κ2) is 8.36. The second-order valence-electron chi connectivity index (χ2n) is 9.08. The highest BCUT2D eigenvalue weighted by atomic mass is 19.1. The molecule has 3 fully saturated rings. The molecule has 2 saturated carbocycles. The van der Waals surface area contributed by atoms with E-state index in [-0.39, 0.29) is 42.1 Å². The summed E-state index contributed by atoms with van der Waals surface area (Å²) in [6.45, 7) is 1.70. The maximum absolute atomic E-state index is 13.4. The fraction of sp³-hybridized carbons (Fsp3) is 0.609. The third-order valence-corrected chi connectivity index (χ3v) is 7.22. The average Bonchev–Trinajstić information content (AvgIpc) is 3.33. The molecule has 1 heterocycles. The molecule has 6 nitrogen and oxygen atoms in total. The Hall–Kier alpha value is -2.44. The lowest BCUT2D eigenvalue weighted by atomic mass is 9.73. The van der Waals surface area contributed by atoms with Gasteiger partial charge in [-0.25, -0.2) is 9.18 Å². The Morgan fingerprint density at radius 2 is 1.83 bits per heavy atom. The Labute approximate surface area is 176 Å². The highest BCUT2D eigenvalue weighted by Gasteiger charge is 2.55. The van der Waals surface area contributed by atoms with Crippen molar-refractivity contribution in [2.45, 2.75) is 69.9 Å². The molecule has 30 heavy (non-hydrogen) atoms. The third-order valence-electron chi connectivity index (χ3n) is 7.22. The minimum absolute atomic E-state index is 0.0567. The van der Waals surface area contributed by atoms with Crippen LogP contribution in [0.5, 0.6) is 0 Å². The molecule has 162 valence electrons. The Kier molecular flexibility index (Phi) is 5.80. The first-order valence-electron chi connectivity index (χ1n) is 11.1. The summed E-state index contributed by atoms with van der Waals surface area (Å²) >= 11 is 0. The molecule has 0 radical (unpaired) electrons. The molecule has 1 spiro atoms. The van der Waals surface area contributed by atoms with Gasteiger partial charge in [0.15, 0.2) is 0 Å². The van der Waals surface area contributed by atoms with Gasteiger partial charge in [-0.15, -0.1) is 0 Å². The zero-order valence-electron chi connectivity index (χ0n) is 17.5. The van der Waals surface area contributed by atoms with Crippen LogP contribution in [0.1, 0.15) is 69.9 Å². The van der Waals surface area contributed by atoms with Crippen molar-refractivity contribution in [3.05, 3.63) is 35.6 Å². The Morgan fingerprint density at radius 1 is 1.17 bits per heavy atom. The lowest BCUT2D eigenvalue weighted by molar-refractivity contribution is -0.137. The molecule has 4 amide bonds. The molecule has 1 aromatic carbocycles. The predicted octanol–water partition coefficient (Wildman–Crippen LogP) is 3.67. The van der Waals surface area contributed by atoms with Gasteiger partial charge in [-0.2, -0.15) is 0 Å². The lowest BCUT2D eigenvalue weighted by Gasteiger charge is -2.36. The van der Waals surface area contributed by atoms with E-state index in [4.69, 9.17) is 0 Å². The number of rotatable bonds is 5. The number of imide groups is 1. The average molecular weight is 416 g/mol. The van der Waals surface area contributed by atoms with E-state index in [9.17, 15) is 18.8 Å². The molecule has 7 heteroatoms. The third kappa shape index (κ3) is 3.82. The van der Waals surface area contributed by atoms with Gasteiger partial charge in [-0.3, -0.25) is 14.5 Å². The molecule has 0 bridgehead atoms. The number of nitrogens with zero attached hydrogens (tertiary/aromatic N) is 1. The second-order valence-corrected chi connectivity index (χ2v) is 9.08. The van der Waals surface area contributed by atoms with Gasteiger partial charge >= 0.3 is 6.03 Å². The van der Waals surface area contributed by atoms with Crippen LogP contribution in [0.3, 0.4) is 0 Å². The monoisotopic (exact) mass is 415 g/mol. The molecule has 1 aromatic rings. The van der Waals surface area contributed by atoms with E-state index in [1.165, 1.54) is 12.1 Å². The topological polar surface area (TPSA) is 78.5 Å². The molecule has 4 rings (SSSR count). The van der Waals surface area contributed by atoms with E-state index in [1.54, 1.807) is 12.1 Å². The first-order valence-corrected chi connectivity index (χ1v) is 11.1. The van der Waals surface area contributed by atoms with Gasteiger partial charge in [0.05, 0.1) is 6.04 Å². The summed E-state index contributed by atoms with van der Waals surface area (Å²) in [6, 6.07) is 5.47. The summed E-state index contributed by atoms with van der Waals surface area (Å²) in [4.78, 5) is 39.6. The molecule has 1 aliphatic heterocycles. The highest BCUT2D eigenvalue weighted by molar-refractivity contribution is 6.09. The molecule has 2 aliphatic carbocycles. The number of carbonyl (C=O) groups excluding carboxylic acids is 3. The number of hydrogen-bond acceptors (Lipinski definition) is 3. The van der Waals surface area contributed by atoms with Crippen molar-refractivity contribution < 1.29 is 18.8 Å². The molecule has 3 unspecified atom stereocenters. The van der Waals surface area contributed by atoms with Crippen molar-refractivity contribution in [2.75, 3.05) is 6.54 Å². The quantitative estimate of drug-likeness (QED) is 0.720. The van der Waals surface area contributed by atoms with Gasteiger partial charge in [0.25, 0.3) is 5.91 Å². The first kappa shape index (κ1) is 20.8. The van der Waals surface area contributed by atoms with Crippen LogP contribution in [0.2, 0.25) is 0 Å². The van der Waals surface area contributed by atoms with Crippen LogP contribution in [-0.4, -0.2) is 34.8 Å². The summed E-state index contributed by atoms with van der Waals surface area (Å²) < 4.78 is 13.4. The molecular weight excluding hydrogens is 385 g/mol. The van der Waals surface area contributed by atoms with Crippen LogP contribution in [0.15, 0.2) is 24.3 Å². The number of amides is 4. The first-order chi connectivity index (χ1) is 14.4. The van der Waals surface area contributed by atoms with E-state index in [2.05, 4.69) is 10.6 Å². The number of nitrogens with one attached hydrogen (secondary N) is 2. The van der Waals surface area contributed by atoms with Crippen molar-refractivity contribution >= 4 is 17.8 Å². The number of carbonyl (C=O) groups is 3. The van der Waals surface area contributed by atoms with Crippen molar-refractivity contribution in [3.8, 4) is 0 Å². The highest BCUT2D eigenvalue weighted by Crippen LogP contribution is 2.38. The molecule has 3 aliphatic rings. The Bertz CT molecular complexity index is 821. The fourth-order valence-electron chi connectivity index (χ4n) is 5.44. The van der Waals surface area contributed by atoms with E-state index in [0.717, 1.165) is 55.4 Å². The minimum atomic E-state index is -0.864. The number of halogens is 1. The van der Waals surface area contributed by atoms with Gasteiger partial charge < -0.3 is 10.6 Å². The van der Waals surface area contributed by atoms with Crippen molar-refractivity contribution in [2.24, 2.45) is 11.8 Å². The standard InChI is InChI=1S/C23H30FN3O3/c1-15-6-4-5-13-23(15)21(29)27(22(30)26-23)14-19(28)25-20(16-7-2-3-8-16)17-9-11-18(24)12-10-17/h9-12,15-16,20H,2-8,13-14H2,1H3,(H,25,28)(H,26,30). The van der Waals surface area contributed by atoms with E-state index in [0.29, 0.717) is 6.42 Å². The Morgan fingerprint density at radius 3 is 2.50 bits per heavy atom. The SMILES string of the molecule is CC1CCCCC12NC(=O)N(CC(=O)NC(c1ccc(F)cc1)C1CCCC1)C2=O. The van der Waals surface area contributed by atoms with E-state index in [1.807, 2.05) is 6.92 Å². The molecule has 2 N–H and O–H groups in total. The number of urea groups is 1. The molecular formula is C23H30FN3O3. The maximum atomic E-state index is 13.4. The van der Waals surface area contributed by atoms with Crippen LogP contribution < -0.4 is 10.6 Å². The number of hydrogen-bond donors (Lipinski definition) is 2. The smallest absolute Gasteiger partial charge is 0.325 e. The molecule has 3 atom stereocenters. The Balaban J connectivity index is 1.47. The lowest BCUT2D eigenvalue weighted by Crippen LogP contribution is -2.54. The van der Waals surface area contributed by atoms with Crippen molar-refractivity contribution in [1.29, 1.82) is 0 Å². The van der Waals surface area contributed by atoms with Gasteiger partial charge in [-0.1, -0.05) is 44.7 Å². The van der Waals surface area contributed by atoms with Gasteiger partial charge in [-0.05, 0) is 55.2 Å². The summed E-state index contributed by atoms with van der Waals surface area (Å²) in [7, 11) is 0. The van der Waals surface area contributed by atoms with Crippen molar-refractivity contribution in [1.82, 2.24) is 15.5 Å². The zero-order chi connectivity index (χ0) is 21.3. The van der Waals surface area contributed by atoms with Crippen LogP contribution in [-0.2, 0) is 9.59 Å². The van der Waals surface area contributed by atoms with Crippen molar-refractivity contribution in [3.63, 3.8) is 0 Å². The fourth-order valence-corrected chi connectivity index (χ4v) is 5.44. The van der Waals surface area contributed by atoms with Gasteiger partial charge in [0.1, 0.15) is 17.9 Å². The number of benzene rings is 1. The van der Waals surface area contributed by atoms with Crippen LogP contribution in [0, 0.1) is 17.7 Å². The predicted molar refractivity (Wildman–Crippen MR) is 110 cm³/mol. The van der Waals surface area contributed by atoms with E-state index >= 15 is 0 Å². The summed E-state index contributed by atoms with van der Waals surface area (Å²) in [5, 5.41) is 5.92.